The predicted octanol–water partition coefficient (Wildman–Crippen LogP) is 0.893. The molecule has 1 aromatic rings. The summed E-state index contributed by atoms with van der Waals surface area (Å²) < 4.78 is 21.8. The van der Waals surface area contributed by atoms with E-state index in [-0.39, 0.29) is 11.7 Å². The number of carbonyl (C=O) groups is 1. The van der Waals surface area contributed by atoms with Crippen LogP contribution in [0.5, 0.6) is 0 Å². The fourth-order valence-electron chi connectivity index (χ4n) is 1.53. The molecule has 0 radical (unpaired) electrons. The van der Waals surface area contributed by atoms with Gasteiger partial charge in [0.25, 0.3) is 5.91 Å². The molecule has 100 valence electrons. The maximum atomic E-state index is 11.8. The van der Waals surface area contributed by atoms with Crippen LogP contribution in [0.4, 0.5) is 5.69 Å². The molecule has 6 heteroatoms. The zero-order valence-electron chi connectivity index (χ0n) is 10.6. The van der Waals surface area contributed by atoms with E-state index in [4.69, 9.17) is 0 Å². The molecular weight excluding hydrogens is 252 g/mol. The molecule has 0 unspecified atom stereocenters. The number of anilines is 1. The van der Waals surface area contributed by atoms with Crippen molar-refractivity contribution >= 4 is 21.4 Å². The van der Waals surface area contributed by atoms with Gasteiger partial charge in [-0.25, -0.2) is 8.42 Å². The van der Waals surface area contributed by atoms with E-state index in [1.54, 1.807) is 19.2 Å². The maximum absolute atomic E-state index is 11.8. The highest BCUT2D eigenvalue weighted by Crippen LogP contribution is 2.13. The molecule has 0 bridgehead atoms. The van der Waals surface area contributed by atoms with E-state index >= 15 is 0 Å². The minimum absolute atomic E-state index is 0.0843. The number of carbonyl (C=O) groups excluding carboxylic acids is 1. The van der Waals surface area contributed by atoms with Gasteiger partial charge < -0.3 is 10.6 Å². The summed E-state index contributed by atoms with van der Waals surface area (Å²) >= 11 is 0. The molecule has 0 aliphatic carbocycles. The highest BCUT2D eigenvalue weighted by Gasteiger charge is 2.09. The summed E-state index contributed by atoms with van der Waals surface area (Å²) in [5.74, 6) is -0.116. The molecule has 0 saturated carbocycles. The van der Waals surface area contributed by atoms with Crippen molar-refractivity contribution in [1.29, 1.82) is 0 Å². The molecule has 0 atom stereocenters. The van der Waals surface area contributed by atoms with Gasteiger partial charge in [-0.3, -0.25) is 4.79 Å². The Bertz CT molecular complexity index is 512. The minimum atomic E-state index is -2.96. The van der Waals surface area contributed by atoms with Crippen LogP contribution in [0.2, 0.25) is 0 Å². The fourth-order valence-corrected chi connectivity index (χ4v) is 2.20. The average molecular weight is 270 g/mol. The van der Waals surface area contributed by atoms with Gasteiger partial charge in [-0.15, -0.1) is 0 Å². The highest BCUT2D eigenvalue weighted by atomic mass is 32.2. The third-order valence-electron chi connectivity index (χ3n) is 2.42. The molecule has 18 heavy (non-hydrogen) atoms. The van der Waals surface area contributed by atoms with Gasteiger partial charge in [0, 0.05) is 25.5 Å². The Balaban J connectivity index is 2.51. The summed E-state index contributed by atoms with van der Waals surface area (Å²) in [5.41, 5.74) is 1.30. The van der Waals surface area contributed by atoms with Crippen LogP contribution in [0.3, 0.4) is 0 Å². The highest BCUT2D eigenvalue weighted by molar-refractivity contribution is 7.90. The van der Waals surface area contributed by atoms with Gasteiger partial charge in [0.1, 0.15) is 9.84 Å². The first-order valence-corrected chi connectivity index (χ1v) is 7.73. The van der Waals surface area contributed by atoms with Gasteiger partial charge in [0.2, 0.25) is 0 Å². The van der Waals surface area contributed by atoms with Crippen molar-refractivity contribution in [3.8, 4) is 0 Å². The zero-order chi connectivity index (χ0) is 13.6. The molecule has 0 spiro atoms. The second-order valence-electron chi connectivity index (χ2n) is 4.03. The van der Waals surface area contributed by atoms with E-state index in [1.165, 1.54) is 6.26 Å². The quantitative estimate of drug-likeness (QED) is 0.753. The average Bonchev–Trinajstić information content (AvgIpc) is 2.33. The van der Waals surface area contributed by atoms with Gasteiger partial charge >= 0.3 is 0 Å². The Morgan fingerprint density at radius 3 is 2.56 bits per heavy atom. The van der Waals surface area contributed by atoms with Crippen molar-refractivity contribution in [3.05, 3.63) is 29.8 Å². The number of amides is 1. The summed E-state index contributed by atoms with van der Waals surface area (Å²) in [6.45, 7) is 0.351. The summed E-state index contributed by atoms with van der Waals surface area (Å²) in [6, 6.07) is 7.15. The monoisotopic (exact) mass is 270 g/mol. The minimum Gasteiger partial charge on any atom is -0.387 e. The van der Waals surface area contributed by atoms with E-state index in [2.05, 4.69) is 10.6 Å². The lowest BCUT2D eigenvalue weighted by Crippen LogP contribution is -2.26. The van der Waals surface area contributed by atoms with Crippen molar-refractivity contribution in [2.45, 2.75) is 6.42 Å². The van der Waals surface area contributed by atoms with Crippen molar-refractivity contribution < 1.29 is 13.2 Å². The fraction of sp³-hybridized carbons (Fsp3) is 0.417. The molecule has 0 aromatic heterocycles. The SMILES string of the molecule is CNc1ccccc1C(=O)NCCCS(C)(=O)=O. The third kappa shape index (κ3) is 4.75. The second kappa shape index (κ2) is 6.39. The van der Waals surface area contributed by atoms with Crippen LogP contribution in [0.15, 0.2) is 24.3 Å². The second-order valence-corrected chi connectivity index (χ2v) is 6.29. The van der Waals surface area contributed by atoms with Crippen LogP contribution in [-0.2, 0) is 9.84 Å². The zero-order valence-corrected chi connectivity index (χ0v) is 11.4. The van der Waals surface area contributed by atoms with Crippen LogP contribution in [-0.4, -0.2) is 39.9 Å². The lowest BCUT2D eigenvalue weighted by atomic mass is 10.1. The van der Waals surface area contributed by atoms with Gasteiger partial charge in [0.05, 0.1) is 11.3 Å². The Morgan fingerprint density at radius 2 is 1.94 bits per heavy atom. The van der Waals surface area contributed by atoms with Crippen LogP contribution >= 0.6 is 0 Å². The Kier molecular flexibility index (Phi) is 5.15. The van der Waals surface area contributed by atoms with Gasteiger partial charge in [-0.05, 0) is 18.6 Å². The standard InChI is InChI=1S/C12H18N2O3S/c1-13-11-7-4-3-6-10(11)12(15)14-8-5-9-18(2,16)17/h3-4,6-7,13H,5,8-9H2,1-2H3,(H,14,15). The van der Waals surface area contributed by atoms with E-state index in [9.17, 15) is 13.2 Å². The Labute approximate surface area is 108 Å². The van der Waals surface area contributed by atoms with Gasteiger partial charge in [0.15, 0.2) is 0 Å². The lowest BCUT2D eigenvalue weighted by Gasteiger charge is -2.09. The molecule has 0 heterocycles. The number of sulfone groups is 1. The number of hydrogen-bond donors (Lipinski definition) is 2. The molecule has 0 saturated heterocycles. The molecule has 5 nitrogen and oxygen atoms in total. The molecular formula is C12H18N2O3S. The molecule has 1 rings (SSSR count). The summed E-state index contributed by atoms with van der Waals surface area (Å²) in [7, 11) is -1.22. The van der Waals surface area contributed by atoms with E-state index in [0.717, 1.165) is 5.69 Å². The molecule has 2 N–H and O–H groups in total. The Hall–Kier alpha value is -1.56. The predicted molar refractivity (Wildman–Crippen MR) is 72.6 cm³/mol. The van der Waals surface area contributed by atoms with Gasteiger partial charge in [-0.2, -0.15) is 0 Å². The summed E-state index contributed by atoms with van der Waals surface area (Å²) in [4.78, 5) is 11.8. The van der Waals surface area contributed by atoms with E-state index in [1.807, 2.05) is 12.1 Å². The molecule has 1 amide bonds. The summed E-state index contributed by atoms with van der Waals surface area (Å²) in [6.07, 6.45) is 1.61. The first-order chi connectivity index (χ1) is 8.44. The number of nitrogens with one attached hydrogen (secondary N) is 2. The van der Waals surface area contributed by atoms with Crippen LogP contribution in [0.1, 0.15) is 16.8 Å². The lowest BCUT2D eigenvalue weighted by molar-refractivity contribution is 0.0954. The first kappa shape index (κ1) is 14.5. The maximum Gasteiger partial charge on any atom is 0.253 e. The number of benzene rings is 1. The topological polar surface area (TPSA) is 75.3 Å². The first-order valence-electron chi connectivity index (χ1n) is 5.67. The Morgan fingerprint density at radius 1 is 1.28 bits per heavy atom. The van der Waals surface area contributed by atoms with Crippen molar-refractivity contribution in [1.82, 2.24) is 5.32 Å². The van der Waals surface area contributed by atoms with Crippen molar-refractivity contribution in [2.24, 2.45) is 0 Å². The van der Waals surface area contributed by atoms with E-state index in [0.29, 0.717) is 18.5 Å². The largest absolute Gasteiger partial charge is 0.387 e. The third-order valence-corrected chi connectivity index (χ3v) is 3.45. The summed E-state index contributed by atoms with van der Waals surface area (Å²) in [5, 5.41) is 5.64. The van der Waals surface area contributed by atoms with Gasteiger partial charge in [-0.1, -0.05) is 12.1 Å². The van der Waals surface area contributed by atoms with Crippen LogP contribution in [0.25, 0.3) is 0 Å². The number of para-hydroxylation sites is 1. The molecule has 1 aromatic carbocycles. The van der Waals surface area contributed by atoms with Crippen molar-refractivity contribution in [2.75, 3.05) is 30.9 Å². The number of hydrogen-bond acceptors (Lipinski definition) is 4. The molecule has 0 aliphatic heterocycles. The smallest absolute Gasteiger partial charge is 0.253 e. The molecule has 0 fully saturated rings. The van der Waals surface area contributed by atoms with Crippen molar-refractivity contribution in [3.63, 3.8) is 0 Å². The van der Waals surface area contributed by atoms with Crippen LogP contribution in [0, 0.1) is 0 Å². The van der Waals surface area contributed by atoms with E-state index < -0.39 is 9.84 Å². The van der Waals surface area contributed by atoms with Crippen LogP contribution < -0.4 is 10.6 Å². The molecule has 0 aliphatic rings. The number of rotatable bonds is 6. The normalized spacial score (nSPS) is 11.0.